The second-order valence-corrected chi connectivity index (χ2v) is 5.90. The molecular formula is C11H15N5O2S2. The maximum atomic E-state index is 12.0. The fourth-order valence-electron chi connectivity index (χ4n) is 1.44. The van der Waals surface area contributed by atoms with Crippen molar-refractivity contribution in [3.63, 3.8) is 0 Å². The number of hydrogen-bond acceptors (Lipinski definition) is 7. The summed E-state index contributed by atoms with van der Waals surface area (Å²) in [5.41, 5.74) is 6.43. The lowest BCUT2D eigenvalue weighted by Crippen LogP contribution is -2.23. The summed E-state index contributed by atoms with van der Waals surface area (Å²) in [7, 11) is 1.88. The van der Waals surface area contributed by atoms with E-state index in [1.54, 1.807) is 5.38 Å². The summed E-state index contributed by atoms with van der Waals surface area (Å²) < 4.78 is 0. The summed E-state index contributed by atoms with van der Waals surface area (Å²) in [6.45, 7) is 3.03. The Morgan fingerprint density at radius 1 is 1.60 bits per heavy atom. The van der Waals surface area contributed by atoms with Gasteiger partial charge in [0.05, 0.1) is 6.54 Å². The summed E-state index contributed by atoms with van der Waals surface area (Å²) >= 11 is 2.31. The first-order valence-corrected chi connectivity index (χ1v) is 7.63. The Hall–Kier alpha value is -1.87. The molecule has 2 heterocycles. The number of nitrogens with two attached hydrogens (primary N) is 1. The fourth-order valence-corrected chi connectivity index (χ4v) is 2.95. The van der Waals surface area contributed by atoms with Gasteiger partial charge in [0.25, 0.3) is 5.91 Å². The Morgan fingerprint density at radius 3 is 2.95 bits per heavy atom. The van der Waals surface area contributed by atoms with Crippen molar-refractivity contribution in [3.05, 3.63) is 25.6 Å². The Bertz CT molecular complexity index is 660. The Morgan fingerprint density at radius 2 is 2.35 bits per heavy atom. The Kier molecular flexibility index (Phi) is 4.40. The number of hydrogen-bond donors (Lipinski definition) is 3. The maximum Gasteiger partial charge on any atom is 0.304 e. The monoisotopic (exact) mass is 313 g/mol. The lowest BCUT2D eigenvalue weighted by atomic mass is 10.4. The van der Waals surface area contributed by atoms with Crippen molar-refractivity contribution in [2.75, 3.05) is 24.2 Å². The van der Waals surface area contributed by atoms with Crippen molar-refractivity contribution in [2.24, 2.45) is 0 Å². The van der Waals surface area contributed by atoms with Crippen molar-refractivity contribution >= 4 is 39.5 Å². The molecule has 2 aromatic heterocycles. The molecule has 0 saturated carbocycles. The van der Waals surface area contributed by atoms with Gasteiger partial charge >= 0.3 is 4.87 Å². The van der Waals surface area contributed by atoms with E-state index in [4.69, 9.17) is 5.73 Å². The number of rotatable bonds is 5. The third-order valence-corrected chi connectivity index (χ3v) is 4.56. The zero-order valence-corrected chi connectivity index (χ0v) is 12.7. The van der Waals surface area contributed by atoms with Crippen molar-refractivity contribution in [2.45, 2.75) is 13.5 Å². The van der Waals surface area contributed by atoms with Crippen molar-refractivity contribution in [1.82, 2.24) is 15.3 Å². The first-order chi connectivity index (χ1) is 9.51. The van der Waals surface area contributed by atoms with Crippen molar-refractivity contribution in [1.29, 1.82) is 0 Å². The Labute approximate surface area is 123 Å². The van der Waals surface area contributed by atoms with E-state index in [2.05, 4.69) is 15.3 Å². The lowest BCUT2D eigenvalue weighted by molar-refractivity contribution is 0.0955. The molecule has 2 rings (SSSR count). The minimum atomic E-state index is -0.289. The molecule has 0 aromatic carbocycles. The predicted octanol–water partition coefficient (Wildman–Crippen LogP) is 0.861. The number of amides is 1. The van der Waals surface area contributed by atoms with Crippen molar-refractivity contribution < 1.29 is 4.79 Å². The van der Waals surface area contributed by atoms with Gasteiger partial charge in [0.1, 0.15) is 10.7 Å². The van der Waals surface area contributed by atoms with Gasteiger partial charge in [-0.1, -0.05) is 22.7 Å². The number of nitrogen functional groups attached to an aromatic ring is 1. The zero-order chi connectivity index (χ0) is 14.7. The maximum absolute atomic E-state index is 12.0. The van der Waals surface area contributed by atoms with Gasteiger partial charge in [-0.05, 0) is 6.92 Å². The summed E-state index contributed by atoms with van der Waals surface area (Å²) in [4.78, 5) is 32.0. The van der Waals surface area contributed by atoms with E-state index in [0.717, 1.165) is 17.9 Å². The van der Waals surface area contributed by atoms with Gasteiger partial charge in [-0.3, -0.25) is 9.59 Å². The second-order valence-electron chi connectivity index (χ2n) is 4.08. The molecule has 0 radical (unpaired) electrons. The highest BCUT2D eigenvalue weighted by molar-refractivity contribution is 7.18. The highest BCUT2D eigenvalue weighted by Crippen LogP contribution is 2.27. The number of aromatic amines is 1. The lowest BCUT2D eigenvalue weighted by Gasteiger charge is -2.10. The van der Waals surface area contributed by atoms with Crippen LogP contribution in [0.25, 0.3) is 0 Å². The average molecular weight is 313 g/mol. The molecular weight excluding hydrogens is 298 g/mol. The summed E-state index contributed by atoms with van der Waals surface area (Å²) in [5, 5.41) is 5.09. The highest BCUT2D eigenvalue weighted by atomic mass is 32.1. The standard InChI is InChI=1S/C11H15N5O2S2/c1-3-16(2)10-15-8(12)7(20-10)9(17)13-4-6-5-19-11(18)14-6/h5H,3-4,12H2,1-2H3,(H,13,17)(H,14,18). The van der Waals surface area contributed by atoms with E-state index in [0.29, 0.717) is 15.7 Å². The number of H-pyrrole nitrogens is 1. The second kappa shape index (κ2) is 6.06. The van der Waals surface area contributed by atoms with Gasteiger partial charge in [-0.15, -0.1) is 0 Å². The molecule has 7 nitrogen and oxygen atoms in total. The molecule has 0 bridgehead atoms. The third kappa shape index (κ3) is 3.17. The minimum absolute atomic E-state index is 0.140. The average Bonchev–Trinajstić information content (AvgIpc) is 3.01. The van der Waals surface area contributed by atoms with Crippen molar-refractivity contribution in [3.8, 4) is 0 Å². The number of anilines is 2. The van der Waals surface area contributed by atoms with Crippen LogP contribution in [0.3, 0.4) is 0 Å². The number of carbonyl (C=O) groups excluding carboxylic acids is 1. The number of nitrogens with zero attached hydrogens (tertiary/aromatic N) is 2. The van der Waals surface area contributed by atoms with Gasteiger partial charge in [-0.2, -0.15) is 0 Å². The summed E-state index contributed by atoms with van der Waals surface area (Å²) in [6, 6.07) is 0. The number of nitrogens with one attached hydrogen (secondary N) is 2. The molecule has 0 aliphatic rings. The van der Waals surface area contributed by atoms with Crippen LogP contribution in [0.2, 0.25) is 0 Å². The molecule has 0 spiro atoms. The molecule has 9 heteroatoms. The number of thiazole rings is 2. The molecule has 0 unspecified atom stereocenters. The summed E-state index contributed by atoms with van der Waals surface area (Å²) in [6.07, 6.45) is 0. The molecule has 4 N–H and O–H groups in total. The van der Waals surface area contributed by atoms with E-state index < -0.39 is 0 Å². The quantitative estimate of drug-likeness (QED) is 0.759. The SMILES string of the molecule is CCN(C)c1nc(N)c(C(=O)NCc2csc(=O)[nH]2)s1. The van der Waals surface area contributed by atoms with Gasteiger partial charge in [-0.25, -0.2) is 4.98 Å². The fraction of sp³-hybridized carbons (Fsp3) is 0.364. The molecule has 2 aromatic rings. The van der Waals surface area contributed by atoms with Gasteiger partial charge in [0.2, 0.25) is 0 Å². The van der Waals surface area contributed by atoms with E-state index in [9.17, 15) is 9.59 Å². The smallest absolute Gasteiger partial charge is 0.304 e. The first kappa shape index (κ1) is 14.5. The topological polar surface area (TPSA) is 104 Å². The largest absolute Gasteiger partial charge is 0.382 e. The van der Waals surface area contributed by atoms with Gasteiger partial charge in [0.15, 0.2) is 5.13 Å². The zero-order valence-electron chi connectivity index (χ0n) is 11.1. The van der Waals surface area contributed by atoms with Crippen LogP contribution in [0, 0.1) is 0 Å². The minimum Gasteiger partial charge on any atom is -0.382 e. The van der Waals surface area contributed by atoms with Gasteiger partial charge < -0.3 is 20.9 Å². The molecule has 108 valence electrons. The molecule has 20 heavy (non-hydrogen) atoms. The van der Waals surface area contributed by atoms with Crippen LogP contribution in [-0.4, -0.2) is 29.5 Å². The first-order valence-electron chi connectivity index (χ1n) is 5.93. The highest BCUT2D eigenvalue weighted by Gasteiger charge is 2.17. The number of carbonyl (C=O) groups is 1. The Balaban J connectivity index is 2.05. The summed E-state index contributed by atoms with van der Waals surface area (Å²) in [5.74, 6) is -0.0654. The molecule has 0 aliphatic heterocycles. The molecule has 0 saturated heterocycles. The van der Waals surface area contributed by atoms with E-state index in [1.807, 2.05) is 18.9 Å². The molecule has 1 amide bonds. The van der Waals surface area contributed by atoms with E-state index in [-0.39, 0.29) is 23.1 Å². The predicted molar refractivity (Wildman–Crippen MR) is 81.6 cm³/mol. The normalized spacial score (nSPS) is 10.5. The van der Waals surface area contributed by atoms with Crippen LogP contribution >= 0.6 is 22.7 Å². The van der Waals surface area contributed by atoms with E-state index in [1.165, 1.54) is 11.3 Å². The van der Waals surface area contributed by atoms with Gasteiger partial charge in [0, 0.05) is 24.7 Å². The number of aromatic nitrogens is 2. The van der Waals surface area contributed by atoms with Crippen LogP contribution in [0.4, 0.5) is 10.9 Å². The molecule has 0 fully saturated rings. The van der Waals surface area contributed by atoms with E-state index >= 15 is 0 Å². The van der Waals surface area contributed by atoms with Crippen LogP contribution < -0.4 is 20.8 Å². The van der Waals surface area contributed by atoms with Crippen LogP contribution in [-0.2, 0) is 6.54 Å². The van der Waals surface area contributed by atoms with Crippen LogP contribution in [0.1, 0.15) is 22.3 Å². The third-order valence-electron chi connectivity index (χ3n) is 2.66. The van der Waals surface area contributed by atoms with Crippen LogP contribution in [0.5, 0.6) is 0 Å². The van der Waals surface area contributed by atoms with Crippen LogP contribution in [0.15, 0.2) is 10.2 Å². The molecule has 0 atom stereocenters. The molecule has 0 aliphatic carbocycles.